The molecule has 0 aliphatic heterocycles. The summed E-state index contributed by atoms with van der Waals surface area (Å²) in [6.45, 7) is 0. The molecule has 114 valence electrons. The second-order valence-electron chi connectivity index (χ2n) is 5.23. The highest BCUT2D eigenvalue weighted by molar-refractivity contribution is 6.32. The molecule has 0 atom stereocenters. The number of aliphatic carboxylic acids is 1. The Morgan fingerprint density at radius 3 is 2.38 bits per heavy atom. The smallest absolute Gasteiger partial charge is 0.306 e. The van der Waals surface area contributed by atoms with Crippen LogP contribution in [0, 0.1) is 11.8 Å². The van der Waals surface area contributed by atoms with E-state index in [-0.39, 0.29) is 17.7 Å². The number of anilines is 1. The fraction of sp³-hybridized carbons (Fsp3) is 0.467. The largest absolute Gasteiger partial charge is 0.495 e. The topological polar surface area (TPSA) is 75.6 Å². The fourth-order valence-corrected chi connectivity index (χ4v) is 2.85. The number of rotatable bonds is 4. The minimum Gasteiger partial charge on any atom is -0.495 e. The molecular formula is C15H18ClNO4. The van der Waals surface area contributed by atoms with E-state index in [2.05, 4.69) is 5.32 Å². The van der Waals surface area contributed by atoms with Gasteiger partial charge in [0.1, 0.15) is 5.75 Å². The molecule has 21 heavy (non-hydrogen) atoms. The van der Waals surface area contributed by atoms with Crippen LogP contribution in [0.3, 0.4) is 0 Å². The summed E-state index contributed by atoms with van der Waals surface area (Å²) in [7, 11) is 1.53. The lowest BCUT2D eigenvalue weighted by Gasteiger charge is -2.25. The number of amides is 1. The van der Waals surface area contributed by atoms with Crippen LogP contribution < -0.4 is 10.1 Å². The van der Waals surface area contributed by atoms with Crippen molar-refractivity contribution in [2.45, 2.75) is 25.7 Å². The Morgan fingerprint density at radius 1 is 1.24 bits per heavy atom. The maximum absolute atomic E-state index is 12.2. The van der Waals surface area contributed by atoms with Gasteiger partial charge in [0.15, 0.2) is 0 Å². The molecule has 2 rings (SSSR count). The van der Waals surface area contributed by atoms with Crippen LogP contribution in [0.1, 0.15) is 25.7 Å². The van der Waals surface area contributed by atoms with E-state index in [1.165, 1.54) is 7.11 Å². The molecule has 1 aliphatic carbocycles. The Kier molecular flexibility index (Phi) is 5.07. The van der Waals surface area contributed by atoms with Crippen LogP contribution in [0.25, 0.3) is 0 Å². The second kappa shape index (κ2) is 6.80. The van der Waals surface area contributed by atoms with E-state index in [9.17, 15) is 9.59 Å². The Balaban J connectivity index is 1.93. The highest BCUT2D eigenvalue weighted by Crippen LogP contribution is 2.31. The lowest BCUT2D eigenvalue weighted by Crippen LogP contribution is -2.29. The fourth-order valence-electron chi connectivity index (χ4n) is 2.59. The predicted molar refractivity (Wildman–Crippen MR) is 79.7 cm³/mol. The van der Waals surface area contributed by atoms with Gasteiger partial charge in [0.25, 0.3) is 0 Å². The number of nitrogens with one attached hydrogen (secondary N) is 1. The van der Waals surface area contributed by atoms with Crippen molar-refractivity contribution in [3.8, 4) is 5.75 Å². The van der Waals surface area contributed by atoms with E-state index in [1.807, 2.05) is 0 Å². The summed E-state index contributed by atoms with van der Waals surface area (Å²) in [5.41, 5.74) is 0.617. The molecule has 1 fully saturated rings. The van der Waals surface area contributed by atoms with Crippen molar-refractivity contribution in [1.82, 2.24) is 0 Å². The highest BCUT2D eigenvalue weighted by Gasteiger charge is 2.29. The molecule has 0 spiro atoms. The van der Waals surface area contributed by atoms with Gasteiger partial charge in [-0.3, -0.25) is 9.59 Å². The molecule has 0 aromatic heterocycles. The molecule has 1 amide bonds. The monoisotopic (exact) mass is 311 g/mol. The normalized spacial score (nSPS) is 21.6. The third-order valence-electron chi connectivity index (χ3n) is 3.87. The molecular weight excluding hydrogens is 294 g/mol. The summed E-state index contributed by atoms with van der Waals surface area (Å²) in [5.74, 6) is -0.751. The molecule has 0 bridgehead atoms. The van der Waals surface area contributed by atoms with Crippen molar-refractivity contribution in [1.29, 1.82) is 0 Å². The summed E-state index contributed by atoms with van der Waals surface area (Å²) in [4.78, 5) is 23.1. The lowest BCUT2D eigenvalue weighted by molar-refractivity contribution is -0.143. The van der Waals surface area contributed by atoms with Crippen molar-refractivity contribution >= 4 is 29.2 Å². The molecule has 0 radical (unpaired) electrons. The van der Waals surface area contributed by atoms with Gasteiger partial charge in [-0.05, 0) is 43.9 Å². The predicted octanol–water partition coefficient (Wildman–Crippen LogP) is 3.18. The van der Waals surface area contributed by atoms with E-state index in [0.717, 1.165) is 0 Å². The molecule has 1 aromatic carbocycles. The van der Waals surface area contributed by atoms with Gasteiger partial charge < -0.3 is 15.2 Å². The highest BCUT2D eigenvalue weighted by atomic mass is 35.5. The molecule has 0 heterocycles. The minimum absolute atomic E-state index is 0.0833. The van der Waals surface area contributed by atoms with Gasteiger partial charge in [0.05, 0.1) is 18.1 Å². The first-order valence-corrected chi connectivity index (χ1v) is 7.26. The van der Waals surface area contributed by atoms with Crippen molar-refractivity contribution in [3.63, 3.8) is 0 Å². The van der Waals surface area contributed by atoms with E-state index in [1.54, 1.807) is 18.2 Å². The first-order valence-electron chi connectivity index (χ1n) is 6.88. The van der Waals surface area contributed by atoms with Gasteiger partial charge in [0.2, 0.25) is 5.91 Å². The zero-order chi connectivity index (χ0) is 15.4. The number of hydrogen-bond donors (Lipinski definition) is 2. The number of ether oxygens (including phenoxy) is 1. The number of carbonyl (C=O) groups excluding carboxylic acids is 1. The molecule has 1 aliphatic rings. The summed E-state index contributed by atoms with van der Waals surface area (Å²) in [5, 5.41) is 12.2. The Bertz CT molecular complexity index is 538. The summed E-state index contributed by atoms with van der Waals surface area (Å²) in [6.07, 6.45) is 2.31. The van der Waals surface area contributed by atoms with Crippen molar-refractivity contribution in [3.05, 3.63) is 23.2 Å². The standard InChI is InChI=1S/C15H18ClNO4/c1-21-13-7-6-11(8-12(13)16)17-14(18)9-2-4-10(5-3-9)15(19)20/h6-10H,2-5H2,1H3,(H,17,18)(H,19,20). The summed E-state index contributed by atoms with van der Waals surface area (Å²) in [6, 6.07) is 5.06. The van der Waals surface area contributed by atoms with Gasteiger partial charge in [-0.1, -0.05) is 11.6 Å². The molecule has 0 saturated heterocycles. The number of halogens is 1. The molecule has 2 N–H and O–H groups in total. The first kappa shape index (κ1) is 15.6. The van der Waals surface area contributed by atoms with Gasteiger partial charge in [0, 0.05) is 11.6 Å². The van der Waals surface area contributed by atoms with Gasteiger partial charge in [-0.25, -0.2) is 0 Å². The van der Waals surface area contributed by atoms with E-state index < -0.39 is 5.97 Å². The van der Waals surface area contributed by atoms with Gasteiger partial charge in [-0.2, -0.15) is 0 Å². The van der Waals surface area contributed by atoms with Crippen molar-refractivity contribution < 1.29 is 19.4 Å². The Morgan fingerprint density at radius 2 is 1.86 bits per heavy atom. The van der Waals surface area contributed by atoms with Gasteiger partial charge in [-0.15, -0.1) is 0 Å². The number of hydrogen-bond acceptors (Lipinski definition) is 3. The quantitative estimate of drug-likeness (QED) is 0.895. The maximum atomic E-state index is 12.2. The van der Waals surface area contributed by atoms with Crippen molar-refractivity contribution in [2.75, 3.05) is 12.4 Å². The molecule has 1 saturated carbocycles. The first-order chi connectivity index (χ1) is 10.0. The van der Waals surface area contributed by atoms with Crippen LogP contribution in [0.2, 0.25) is 5.02 Å². The van der Waals surface area contributed by atoms with Crippen LogP contribution in [-0.2, 0) is 9.59 Å². The third kappa shape index (κ3) is 3.88. The average molecular weight is 312 g/mol. The van der Waals surface area contributed by atoms with Crippen LogP contribution in [0.5, 0.6) is 5.75 Å². The average Bonchev–Trinajstić information content (AvgIpc) is 2.47. The Hall–Kier alpha value is -1.75. The zero-order valence-corrected chi connectivity index (χ0v) is 12.5. The van der Waals surface area contributed by atoms with Crippen LogP contribution in [0.4, 0.5) is 5.69 Å². The Labute approximate surface area is 128 Å². The zero-order valence-electron chi connectivity index (χ0n) is 11.8. The number of carboxylic acid groups (broad SMARTS) is 1. The van der Waals surface area contributed by atoms with Crippen LogP contribution >= 0.6 is 11.6 Å². The lowest BCUT2D eigenvalue weighted by atomic mass is 9.81. The maximum Gasteiger partial charge on any atom is 0.306 e. The molecule has 6 heteroatoms. The molecule has 5 nitrogen and oxygen atoms in total. The van der Waals surface area contributed by atoms with E-state index in [0.29, 0.717) is 42.1 Å². The van der Waals surface area contributed by atoms with E-state index in [4.69, 9.17) is 21.4 Å². The number of carboxylic acids is 1. The second-order valence-corrected chi connectivity index (χ2v) is 5.63. The SMILES string of the molecule is COc1ccc(NC(=O)C2CCC(C(=O)O)CC2)cc1Cl. The minimum atomic E-state index is -0.768. The molecule has 0 unspecified atom stereocenters. The van der Waals surface area contributed by atoms with Gasteiger partial charge >= 0.3 is 5.97 Å². The number of methoxy groups -OCH3 is 1. The van der Waals surface area contributed by atoms with Crippen LogP contribution in [-0.4, -0.2) is 24.1 Å². The molecule has 1 aromatic rings. The third-order valence-corrected chi connectivity index (χ3v) is 4.16. The summed E-state index contributed by atoms with van der Waals surface area (Å²) < 4.78 is 5.06. The van der Waals surface area contributed by atoms with Crippen molar-refractivity contribution in [2.24, 2.45) is 11.8 Å². The number of carbonyl (C=O) groups is 2. The van der Waals surface area contributed by atoms with E-state index >= 15 is 0 Å². The van der Waals surface area contributed by atoms with Crippen LogP contribution in [0.15, 0.2) is 18.2 Å². The number of benzene rings is 1. The summed E-state index contributed by atoms with van der Waals surface area (Å²) >= 11 is 6.01.